The molecule has 0 saturated heterocycles. The van der Waals surface area contributed by atoms with E-state index in [1.807, 2.05) is 25.2 Å². The lowest BCUT2D eigenvalue weighted by Crippen LogP contribution is -1.96. The number of hydrogen-bond donors (Lipinski definition) is 1. The van der Waals surface area contributed by atoms with E-state index >= 15 is 0 Å². The molecule has 0 atom stereocenters. The molecule has 0 aliphatic heterocycles. The van der Waals surface area contributed by atoms with Crippen LogP contribution >= 0.6 is 15.9 Å². The van der Waals surface area contributed by atoms with E-state index in [1.165, 1.54) is 5.56 Å². The molecule has 0 amide bonds. The van der Waals surface area contributed by atoms with Crippen molar-refractivity contribution in [1.82, 2.24) is 9.78 Å². The van der Waals surface area contributed by atoms with Crippen molar-refractivity contribution >= 4 is 21.7 Å². The summed E-state index contributed by atoms with van der Waals surface area (Å²) in [6.45, 7) is 2.06. The van der Waals surface area contributed by atoms with Gasteiger partial charge >= 0.3 is 0 Å². The maximum absolute atomic E-state index is 5.75. The predicted molar refractivity (Wildman–Crippen MR) is 65.5 cm³/mol. The third-order valence-electron chi connectivity index (χ3n) is 2.38. The van der Waals surface area contributed by atoms with Gasteiger partial charge in [-0.15, -0.1) is 0 Å². The van der Waals surface area contributed by atoms with Gasteiger partial charge in [0.15, 0.2) is 0 Å². The number of halogens is 1. The van der Waals surface area contributed by atoms with E-state index in [2.05, 4.69) is 34.0 Å². The molecule has 1 heterocycles. The Hall–Kier alpha value is -1.29. The smallest absolute Gasteiger partial charge is 0.121 e. The van der Waals surface area contributed by atoms with Crippen molar-refractivity contribution in [2.24, 2.45) is 7.05 Å². The number of aryl methyl sites for hydroxylation is 2. The zero-order chi connectivity index (χ0) is 11.0. The van der Waals surface area contributed by atoms with Gasteiger partial charge in [0.1, 0.15) is 5.82 Å². The van der Waals surface area contributed by atoms with Gasteiger partial charge in [0, 0.05) is 23.2 Å². The van der Waals surface area contributed by atoms with Gasteiger partial charge in [0.25, 0.3) is 0 Å². The van der Waals surface area contributed by atoms with E-state index in [9.17, 15) is 0 Å². The highest BCUT2D eigenvalue weighted by Crippen LogP contribution is 2.26. The minimum atomic E-state index is 0.673. The molecule has 0 fully saturated rings. The average Bonchev–Trinajstić information content (AvgIpc) is 2.46. The molecule has 0 saturated carbocycles. The van der Waals surface area contributed by atoms with Crippen molar-refractivity contribution in [3.63, 3.8) is 0 Å². The van der Waals surface area contributed by atoms with Crippen LogP contribution in [0.3, 0.4) is 0 Å². The first-order valence-electron chi connectivity index (χ1n) is 4.64. The molecule has 0 aliphatic rings. The molecule has 3 nitrogen and oxygen atoms in total. The number of hydrogen-bond acceptors (Lipinski definition) is 2. The van der Waals surface area contributed by atoms with E-state index in [4.69, 9.17) is 5.73 Å². The van der Waals surface area contributed by atoms with Crippen LogP contribution in [0, 0.1) is 6.92 Å². The summed E-state index contributed by atoms with van der Waals surface area (Å²) in [7, 11) is 1.84. The summed E-state index contributed by atoms with van der Waals surface area (Å²) >= 11 is 3.44. The molecular formula is C11H12BrN3. The van der Waals surface area contributed by atoms with Crippen LogP contribution < -0.4 is 5.73 Å². The average molecular weight is 266 g/mol. The lowest BCUT2D eigenvalue weighted by Gasteiger charge is -2.02. The Bertz CT molecular complexity index is 483. The summed E-state index contributed by atoms with van der Waals surface area (Å²) in [5.41, 5.74) is 8.96. The zero-order valence-electron chi connectivity index (χ0n) is 8.66. The summed E-state index contributed by atoms with van der Waals surface area (Å²) in [5.74, 6) is 0.673. The molecule has 2 aromatic rings. The van der Waals surface area contributed by atoms with Crippen molar-refractivity contribution in [3.05, 3.63) is 34.3 Å². The largest absolute Gasteiger partial charge is 0.384 e. The molecule has 0 bridgehead atoms. The summed E-state index contributed by atoms with van der Waals surface area (Å²) < 4.78 is 2.75. The lowest BCUT2D eigenvalue weighted by atomic mass is 10.1. The third kappa shape index (κ3) is 1.90. The number of anilines is 1. The second-order valence-electron chi connectivity index (χ2n) is 3.54. The summed E-state index contributed by atoms with van der Waals surface area (Å²) in [6, 6.07) is 8.00. The van der Waals surface area contributed by atoms with E-state index in [1.54, 1.807) is 4.68 Å². The van der Waals surface area contributed by atoms with Gasteiger partial charge in [-0.05, 0) is 24.6 Å². The van der Waals surface area contributed by atoms with Crippen LogP contribution in [0.4, 0.5) is 5.82 Å². The Balaban J connectivity index is 2.54. The highest BCUT2D eigenvalue weighted by Gasteiger charge is 2.07. The summed E-state index contributed by atoms with van der Waals surface area (Å²) in [4.78, 5) is 0. The molecule has 78 valence electrons. The molecule has 4 heteroatoms. The summed E-state index contributed by atoms with van der Waals surface area (Å²) in [6.07, 6.45) is 0. The fraction of sp³-hybridized carbons (Fsp3) is 0.182. The van der Waals surface area contributed by atoms with Crippen LogP contribution in [-0.4, -0.2) is 9.78 Å². The van der Waals surface area contributed by atoms with Crippen LogP contribution in [0.25, 0.3) is 11.3 Å². The number of nitrogen functional groups attached to an aromatic ring is 1. The normalized spacial score (nSPS) is 10.6. The van der Waals surface area contributed by atoms with Crippen molar-refractivity contribution in [2.45, 2.75) is 6.92 Å². The highest BCUT2D eigenvalue weighted by molar-refractivity contribution is 9.10. The zero-order valence-corrected chi connectivity index (χ0v) is 10.2. The van der Waals surface area contributed by atoms with E-state index < -0.39 is 0 Å². The SMILES string of the molecule is Cc1cc(Br)ccc1-c1cc(N)n(C)n1. The number of aromatic nitrogens is 2. The number of nitrogens with two attached hydrogens (primary N) is 1. The molecule has 15 heavy (non-hydrogen) atoms. The first-order chi connectivity index (χ1) is 7.08. The van der Waals surface area contributed by atoms with Gasteiger partial charge in [-0.3, -0.25) is 4.68 Å². The number of nitrogens with zero attached hydrogens (tertiary/aromatic N) is 2. The van der Waals surface area contributed by atoms with Gasteiger partial charge in [-0.25, -0.2) is 0 Å². The molecule has 2 N–H and O–H groups in total. The minimum absolute atomic E-state index is 0.673. The Morgan fingerprint density at radius 3 is 2.60 bits per heavy atom. The van der Waals surface area contributed by atoms with Crippen LogP contribution in [-0.2, 0) is 7.05 Å². The molecule has 1 aromatic heterocycles. The number of benzene rings is 1. The maximum Gasteiger partial charge on any atom is 0.121 e. The fourth-order valence-corrected chi connectivity index (χ4v) is 2.00. The Morgan fingerprint density at radius 2 is 2.07 bits per heavy atom. The van der Waals surface area contributed by atoms with Crippen molar-refractivity contribution in [1.29, 1.82) is 0 Å². The Kier molecular flexibility index (Phi) is 2.52. The second kappa shape index (κ2) is 3.70. The van der Waals surface area contributed by atoms with E-state index in [0.717, 1.165) is 15.7 Å². The molecular weight excluding hydrogens is 254 g/mol. The molecule has 0 unspecified atom stereocenters. The lowest BCUT2D eigenvalue weighted by molar-refractivity contribution is 0.782. The van der Waals surface area contributed by atoms with E-state index in [0.29, 0.717) is 5.82 Å². The molecule has 0 radical (unpaired) electrons. The number of rotatable bonds is 1. The van der Waals surface area contributed by atoms with Gasteiger partial charge in [-0.2, -0.15) is 5.10 Å². The van der Waals surface area contributed by atoms with Crippen LogP contribution in [0.5, 0.6) is 0 Å². The quantitative estimate of drug-likeness (QED) is 0.862. The topological polar surface area (TPSA) is 43.8 Å². The standard InChI is InChI=1S/C11H12BrN3/c1-7-5-8(12)3-4-9(7)10-6-11(13)15(2)14-10/h3-6H,13H2,1-2H3. The second-order valence-corrected chi connectivity index (χ2v) is 4.45. The van der Waals surface area contributed by atoms with Crippen LogP contribution in [0.15, 0.2) is 28.7 Å². The monoisotopic (exact) mass is 265 g/mol. The maximum atomic E-state index is 5.75. The van der Waals surface area contributed by atoms with Crippen LogP contribution in [0.2, 0.25) is 0 Å². The predicted octanol–water partition coefficient (Wildman–Crippen LogP) is 2.74. The van der Waals surface area contributed by atoms with Gasteiger partial charge in [0.2, 0.25) is 0 Å². The van der Waals surface area contributed by atoms with Gasteiger partial charge in [-0.1, -0.05) is 22.0 Å². The molecule has 1 aromatic carbocycles. The molecule has 2 rings (SSSR count). The third-order valence-corrected chi connectivity index (χ3v) is 2.87. The minimum Gasteiger partial charge on any atom is -0.384 e. The molecule has 0 aliphatic carbocycles. The van der Waals surface area contributed by atoms with E-state index in [-0.39, 0.29) is 0 Å². The van der Waals surface area contributed by atoms with Crippen molar-refractivity contribution < 1.29 is 0 Å². The molecule has 0 spiro atoms. The highest BCUT2D eigenvalue weighted by atomic mass is 79.9. The van der Waals surface area contributed by atoms with Crippen molar-refractivity contribution in [2.75, 3.05) is 5.73 Å². The van der Waals surface area contributed by atoms with Gasteiger partial charge < -0.3 is 5.73 Å². The fourth-order valence-electron chi connectivity index (χ4n) is 1.53. The Morgan fingerprint density at radius 1 is 1.33 bits per heavy atom. The van der Waals surface area contributed by atoms with Crippen molar-refractivity contribution in [3.8, 4) is 11.3 Å². The first-order valence-corrected chi connectivity index (χ1v) is 5.43. The summed E-state index contributed by atoms with van der Waals surface area (Å²) in [5, 5.41) is 4.35. The van der Waals surface area contributed by atoms with Crippen LogP contribution in [0.1, 0.15) is 5.56 Å². The Labute approximate surface area is 97.0 Å². The first kappa shape index (κ1) is 10.2. The van der Waals surface area contributed by atoms with Gasteiger partial charge in [0.05, 0.1) is 5.69 Å².